The summed E-state index contributed by atoms with van der Waals surface area (Å²) in [7, 11) is 0. The van der Waals surface area contributed by atoms with Gasteiger partial charge in [0.05, 0.1) is 17.5 Å². The highest BCUT2D eigenvalue weighted by molar-refractivity contribution is 7.12. The van der Waals surface area contributed by atoms with Crippen molar-refractivity contribution in [2.75, 3.05) is 6.54 Å². The van der Waals surface area contributed by atoms with E-state index in [9.17, 15) is 9.59 Å². The molecule has 0 fully saturated rings. The maximum atomic E-state index is 11.8. The van der Waals surface area contributed by atoms with Crippen LogP contribution in [-0.2, 0) is 4.79 Å². The van der Waals surface area contributed by atoms with Crippen LogP contribution in [0, 0.1) is 0 Å². The number of nitrogens with one attached hydrogen (secondary N) is 2. The molecule has 4 nitrogen and oxygen atoms in total. The van der Waals surface area contributed by atoms with Gasteiger partial charge in [-0.3, -0.25) is 9.59 Å². The molecular formula is C15H15ClN2O2S. The molecule has 0 spiro atoms. The van der Waals surface area contributed by atoms with E-state index in [-0.39, 0.29) is 24.4 Å². The summed E-state index contributed by atoms with van der Waals surface area (Å²) in [4.78, 5) is 24.1. The minimum absolute atomic E-state index is 0.0539. The molecule has 0 aliphatic rings. The monoisotopic (exact) mass is 322 g/mol. The maximum Gasteiger partial charge on any atom is 0.261 e. The second kappa shape index (κ2) is 7.24. The molecule has 1 aromatic heterocycles. The van der Waals surface area contributed by atoms with E-state index in [0.29, 0.717) is 9.90 Å². The zero-order valence-corrected chi connectivity index (χ0v) is 13.0. The normalized spacial score (nSPS) is 11.7. The van der Waals surface area contributed by atoms with Crippen molar-refractivity contribution >= 4 is 34.8 Å². The van der Waals surface area contributed by atoms with Crippen molar-refractivity contribution in [3.05, 3.63) is 57.2 Å². The molecule has 0 saturated heterocycles. The van der Waals surface area contributed by atoms with E-state index in [1.807, 2.05) is 24.4 Å². The number of thiophene rings is 1. The maximum absolute atomic E-state index is 11.8. The fourth-order valence-corrected chi connectivity index (χ4v) is 2.65. The topological polar surface area (TPSA) is 58.2 Å². The van der Waals surface area contributed by atoms with Crippen LogP contribution in [0.2, 0.25) is 5.02 Å². The van der Waals surface area contributed by atoms with Gasteiger partial charge in [0.2, 0.25) is 5.91 Å². The first-order valence-electron chi connectivity index (χ1n) is 6.43. The van der Waals surface area contributed by atoms with Crippen LogP contribution in [0.15, 0.2) is 41.8 Å². The lowest BCUT2D eigenvalue weighted by Gasteiger charge is -2.14. The number of hydrogen-bond donors (Lipinski definition) is 2. The molecule has 0 aliphatic carbocycles. The zero-order chi connectivity index (χ0) is 15.2. The summed E-state index contributed by atoms with van der Waals surface area (Å²) in [5, 5.41) is 7.84. The third-order valence-corrected chi connectivity index (χ3v) is 3.98. The molecule has 1 unspecified atom stereocenters. The van der Waals surface area contributed by atoms with Gasteiger partial charge in [0, 0.05) is 5.02 Å². The summed E-state index contributed by atoms with van der Waals surface area (Å²) in [6.45, 7) is 1.81. The smallest absolute Gasteiger partial charge is 0.261 e. The summed E-state index contributed by atoms with van der Waals surface area (Å²) in [6.07, 6.45) is 0. The van der Waals surface area contributed by atoms with Crippen LogP contribution in [0.25, 0.3) is 0 Å². The van der Waals surface area contributed by atoms with E-state index in [2.05, 4.69) is 10.6 Å². The molecule has 1 aromatic carbocycles. The standard InChI is InChI=1S/C15H15ClN2O2S/c1-10(11-4-2-5-12(16)8-11)18-14(19)9-17-15(20)13-6-3-7-21-13/h2-8,10H,9H2,1H3,(H,17,20)(H,18,19). The minimum Gasteiger partial charge on any atom is -0.348 e. The van der Waals surface area contributed by atoms with Gasteiger partial charge in [-0.1, -0.05) is 29.8 Å². The highest BCUT2D eigenvalue weighted by Crippen LogP contribution is 2.17. The van der Waals surface area contributed by atoms with Crippen LogP contribution in [-0.4, -0.2) is 18.4 Å². The second-order valence-corrected chi connectivity index (χ2v) is 5.89. The van der Waals surface area contributed by atoms with Crippen LogP contribution in [0.3, 0.4) is 0 Å². The fraction of sp³-hybridized carbons (Fsp3) is 0.200. The Kier molecular flexibility index (Phi) is 5.36. The van der Waals surface area contributed by atoms with Crippen LogP contribution in [0.1, 0.15) is 28.2 Å². The van der Waals surface area contributed by atoms with E-state index in [4.69, 9.17) is 11.6 Å². The Morgan fingerprint density at radius 2 is 2.10 bits per heavy atom. The van der Waals surface area contributed by atoms with Crippen LogP contribution in [0.4, 0.5) is 0 Å². The van der Waals surface area contributed by atoms with Gasteiger partial charge in [-0.15, -0.1) is 11.3 Å². The number of hydrogen-bond acceptors (Lipinski definition) is 3. The van der Waals surface area contributed by atoms with Crippen LogP contribution >= 0.6 is 22.9 Å². The Labute approximate surface area is 132 Å². The van der Waals surface area contributed by atoms with Gasteiger partial charge in [0.25, 0.3) is 5.91 Å². The molecule has 1 heterocycles. The van der Waals surface area contributed by atoms with E-state index in [0.717, 1.165) is 5.56 Å². The lowest BCUT2D eigenvalue weighted by molar-refractivity contribution is -0.120. The molecule has 6 heteroatoms. The highest BCUT2D eigenvalue weighted by atomic mass is 35.5. The molecule has 2 N–H and O–H groups in total. The number of carbonyl (C=O) groups is 2. The molecule has 0 bridgehead atoms. The van der Waals surface area contributed by atoms with Crippen molar-refractivity contribution in [1.29, 1.82) is 0 Å². The molecule has 0 aliphatic heterocycles. The Hall–Kier alpha value is -1.85. The molecule has 110 valence electrons. The predicted octanol–water partition coefficient (Wildman–Crippen LogP) is 3.01. The van der Waals surface area contributed by atoms with Gasteiger partial charge in [-0.25, -0.2) is 0 Å². The molecule has 2 aromatic rings. The number of carbonyl (C=O) groups excluding carboxylic acids is 2. The molecule has 0 saturated carbocycles. The highest BCUT2D eigenvalue weighted by Gasteiger charge is 2.12. The van der Waals surface area contributed by atoms with Crippen LogP contribution < -0.4 is 10.6 Å². The zero-order valence-electron chi connectivity index (χ0n) is 11.4. The molecule has 2 amide bonds. The first kappa shape index (κ1) is 15.5. The quantitative estimate of drug-likeness (QED) is 0.889. The van der Waals surface area contributed by atoms with E-state index >= 15 is 0 Å². The molecular weight excluding hydrogens is 308 g/mol. The summed E-state index contributed by atoms with van der Waals surface area (Å²) in [5.41, 5.74) is 0.917. The largest absolute Gasteiger partial charge is 0.348 e. The molecule has 21 heavy (non-hydrogen) atoms. The van der Waals surface area contributed by atoms with Gasteiger partial charge in [0.1, 0.15) is 0 Å². The summed E-state index contributed by atoms with van der Waals surface area (Å²) >= 11 is 7.25. The van der Waals surface area contributed by atoms with Crippen molar-refractivity contribution in [2.45, 2.75) is 13.0 Å². The van der Waals surface area contributed by atoms with Crippen molar-refractivity contribution in [1.82, 2.24) is 10.6 Å². The summed E-state index contributed by atoms with van der Waals surface area (Å²) < 4.78 is 0. The SMILES string of the molecule is CC(NC(=O)CNC(=O)c1cccs1)c1cccc(Cl)c1. The molecule has 1 atom stereocenters. The fourth-order valence-electron chi connectivity index (χ4n) is 1.81. The van der Waals surface area contributed by atoms with Gasteiger partial charge >= 0.3 is 0 Å². The number of halogens is 1. The molecule has 2 rings (SSSR count). The predicted molar refractivity (Wildman–Crippen MR) is 84.7 cm³/mol. The average Bonchev–Trinajstić information content (AvgIpc) is 2.99. The van der Waals surface area contributed by atoms with Gasteiger partial charge in [-0.05, 0) is 36.1 Å². The Morgan fingerprint density at radius 1 is 1.29 bits per heavy atom. The van der Waals surface area contributed by atoms with E-state index in [1.165, 1.54) is 11.3 Å². The second-order valence-electron chi connectivity index (χ2n) is 4.50. The third-order valence-electron chi connectivity index (χ3n) is 2.88. The Morgan fingerprint density at radius 3 is 2.76 bits per heavy atom. The lowest BCUT2D eigenvalue weighted by Crippen LogP contribution is -2.37. The average molecular weight is 323 g/mol. The first-order valence-corrected chi connectivity index (χ1v) is 7.68. The lowest BCUT2D eigenvalue weighted by atomic mass is 10.1. The summed E-state index contributed by atoms with van der Waals surface area (Å²) in [6, 6.07) is 10.6. The first-order chi connectivity index (χ1) is 10.1. The van der Waals surface area contributed by atoms with Crippen molar-refractivity contribution in [3.63, 3.8) is 0 Å². The third kappa shape index (κ3) is 4.58. The number of amides is 2. The number of benzene rings is 1. The van der Waals surface area contributed by atoms with Crippen molar-refractivity contribution < 1.29 is 9.59 Å². The van der Waals surface area contributed by atoms with E-state index < -0.39 is 0 Å². The minimum atomic E-state index is -0.243. The van der Waals surface area contributed by atoms with Crippen molar-refractivity contribution in [2.24, 2.45) is 0 Å². The van der Waals surface area contributed by atoms with Gasteiger partial charge in [-0.2, -0.15) is 0 Å². The Balaban J connectivity index is 1.83. The number of rotatable bonds is 5. The van der Waals surface area contributed by atoms with Gasteiger partial charge in [0.15, 0.2) is 0 Å². The Bertz CT molecular complexity index is 628. The summed E-state index contributed by atoms with van der Waals surface area (Å²) in [5.74, 6) is -0.483. The van der Waals surface area contributed by atoms with Crippen molar-refractivity contribution in [3.8, 4) is 0 Å². The van der Waals surface area contributed by atoms with Crippen LogP contribution in [0.5, 0.6) is 0 Å². The van der Waals surface area contributed by atoms with E-state index in [1.54, 1.807) is 24.3 Å². The molecule has 0 radical (unpaired) electrons. The van der Waals surface area contributed by atoms with Gasteiger partial charge < -0.3 is 10.6 Å².